The van der Waals surface area contributed by atoms with Crippen LogP contribution in [0.2, 0.25) is 0 Å². The molecule has 4 heteroatoms. The number of likely N-dealkylation sites (N-methyl/N-ethyl adjacent to an activating group) is 2. The highest BCUT2D eigenvalue weighted by Gasteiger charge is 2.17. The Morgan fingerprint density at radius 3 is 2.76 bits per heavy atom. The van der Waals surface area contributed by atoms with Gasteiger partial charge in [0.2, 0.25) is 6.79 Å². The van der Waals surface area contributed by atoms with Crippen LogP contribution >= 0.6 is 0 Å². The Morgan fingerprint density at radius 2 is 2.06 bits per heavy atom. The molecule has 0 amide bonds. The third-order valence-electron chi connectivity index (χ3n) is 2.80. The highest BCUT2D eigenvalue weighted by molar-refractivity contribution is 5.45. The summed E-state index contributed by atoms with van der Waals surface area (Å²) in [6.45, 7) is 4.37. The summed E-state index contributed by atoms with van der Waals surface area (Å²) in [4.78, 5) is 2.18. The molecule has 0 saturated carbocycles. The van der Waals surface area contributed by atoms with Gasteiger partial charge in [0.05, 0.1) is 0 Å². The quantitative estimate of drug-likeness (QED) is 0.842. The summed E-state index contributed by atoms with van der Waals surface area (Å²) >= 11 is 0. The maximum Gasteiger partial charge on any atom is 0.231 e. The van der Waals surface area contributed by atoms with E-state index in [-0.39, 0.29) is 0 Å². The van der Waals surface area contributed by atoms with E-state index in [4.69, 9.17) is 9.47 Å². The lowest BCUT2D eigenvalue weighted by molar-refractivity contribution is 0.174. The van der Waals surface area contributed by atoms with Gasteiger partial charge in [-0.25, -0.2) is 0 Å². The molecule has 1 N–H and O–H groups in total. The lowest BCUT2D eigenvalue weighted by Crippen LogP contribution is -2.31. The number of fused-ring (bicyclic) bond motifs is 1. The fourth-order valence-corrected chi connectivity index (χ4v) is 2.03. The first-order valence-corrected chi connectivity index (χ1v) is 5.98. The lowest BCUT2D eigenvalue weighted by Gasteiger charge is -2.22. The van der Waals surface area contributed by atoms with Gasteiger partial charge in [-0.1, -0.05) is 13.0 Å². The van der Waals surface area contributed by atoms with Gasteiger partial charge in [-0.2, -0.15) is 0 Å². The van der Waals surface area contributed by atoms with Crippen molar-refractivity contribution in [3.8, 4) is 11.5 Å². The van der Waals surface area contributed by atoms with Crippen LogP contribution in [-0.4, -0.2) is 38.9 Å². The molecule has 2 rings (SSSR count). The predicted molar refractivity (Wildman–Crippen MR) is 67.5 cm³/mol. The van der Waals surface area contributed by atoms with E-state index in [1.165, 1.54) is 5.56 Å². The minimum absolute atomic E-state index is 0.324. The molecule has 1 unspecified atom stereocenters. The Hall–Kier alpha value is -1.26. The number of nitrogens with zero attached hydrogens (tertiary/aromatic N) is 1. The van der Waals surface area contributed by atoms with Crippen molar-refractivity contribution in [1.29, 1.82) is 0 Å². The third-order valence-corrected chi connectivity index (χ3v) is 2.80. The van der Waals surface area contributed by atoms with Gasteiger partial charge in [0.1, 0.15) is 0 Å². The minimum atomic E-state index is 0.324. The first-order valence-electron chi connectivity index (χ1n) is 5.98. The van der Waals surface area contributed by atoms with Crippen molar-refractivity contribution in [3.05, 3.63) is 23.8 Å². The van der Waals surface area contributed by atoms with Crippen molar-refractivity contribution in [3.63, 3.8) is 0 Å². The summed E-state index contributed by atoms with van der Waals surface area (Å²) in [6, 6.07) is 6.48. The van der Waals surface area contributed by atoms with E-state index >= 15 is 0 Å². The molecule has 1 aromatic rings. The summed E-state index contributed by atoms with van der Waals surface area (Å²) < 4.78 is 10.7. The monoisotopic (exact) mass is 236 g/mol. The first kappa shape index (κ1) is 12.2. The highest BCUT2D eigenvalue weighted by Crippen LogP contribution is 2.34. The molecule has 1 heterocycles. The van der Waals surface area contributed by atoms with Crippen LogP contribution in [0.25, 0.3) is 0 Å². The van der Waals surface area contributed by atoms with E-state index < -0.39 is 0 Å². The molecular formula is C13H20N2O2. The Bertz CT molecular complexity index is 380. The smallest absolute Gasteiger partial charge is 0.231 e. The summed E-state index contributed by atoms with van der Waals surface area (Å²) in [6.07, 6.45) is 0. The van der Waals surface area contributed by atoms with E-state index in [2.05, 4.69) is 43.4 Å². The molecule has 0 aliphatic carbocycles. The number of ether oxygens (including phenoxy) is 2. The summed E-state index contributed by atoms with van der Waals surface area (Å²) in [5, 5.41) is 3.48. The lowest BCUT2D eigenvalue weighted by atomic mass is 10.1. The Labute approximate surface area is 103 Å². The van der Waals surface area contributed by atoms with Crippen LogP contribution in [0.5, 0.6) is 11.5 Å². The van der Waals surface area contributed by atoms with Gasteiger partial charge in [0, 0.05) is 12.6 Å². The van der Waals surface area contributed by atoms with Gasteiger partial charge in [-0.15, -0.1) is 0 Å². The molecule has 0 radical (unpaired) electrons. The van der Waals surface area contributed by atoms with Crippen LogP contribution in [0.1, 0.15) is 18.5 Å². The molecule has 0 aromatic heterocycles. The number of benzene rings is 1. The number of hydrogen-bond donors (Lipinski definition) is 1. The molecule has 0 bridgehead atoms. The van der Waals surface area contributed by atoms with Crippen LogP contribution in [0, 0.1) is 0 Å². The zero-order valence-electron chi connectivity index (χ0n) is 10.7. The van der Waals surface area contributed by atoms with Crippen LogP contribution in [0.15, 0.2) is 18.2 Å². The second-order valence-corrected chi connectivity index (χ2v) is 4.49. The number of hydrogen-bond acceptors (Lipinski definition) is 4. The summed E-state index contributed by atoms with van der Waals surface area (Å²) in [5.41, 5.74) is 1.24. The van der Waals surface area contributed by atoms with E-state index in [0.29, 0.717) is 12.8 Å². The van der Waals surface area contributed by atoms with Crippen LogP contribution in [0.3, 0.4) is 0 Å². The largest absolute Gasteiger partial charge is 0.454 e. The number of rotatable bonds is 5. The second-order valence-electron chi connectivity index (χ2n) is 4.49. The van der Waals surface area contributed by atoms with E-state index in [0.717, 1.165) is 24.6 Å². The molecular weight excluding hydrogens is 216 g/mol. The topological polar surface area (TPSA) is 33.7 Å². The Kier molecular flexibility index (Phi) is 3.86. The van der Waals surface area contributed by atoms with E-state index in [1.54, 1.807) is 0 Å². The van der Waals surface area contributed by atoms with Gasteiger partial charge in [0.25, 0.3) is 0 Å². The standard InChI is InChI=1S/C13H20N2O2/c1-4-14-11(8-15(2)3)10-5-6-12-13(7-10)17-9-16-12/h5-7,11,14H,4,8-9H2,1-3H3. The zero-order chi connectivity index (χ0) is 12.3. The molecule has 1 atom stereocenters. The summed E-state index contributed by atoms with van der Waals surface area (Å²) in [5.74, 6) is 1.69. The average Bonchev–Trinajstić information content (AvgIpc) is 2.74. The van der Waals surface area contributed by atoms with Crippen LogP contribution < -0.4 is 14.8 Å². The van der Waals surface area contributed by atoms with Crippen molar-refractivity contribution in [2.45, 2.75) is 13.0 Å². The van der Waals surface area contributed by atoms with Gasteiger partial charge in [-0.3, -0.25) is 0 Å². The van der Waals surface area contributed by atoms with Crippen molar-refractivity contribution in [2.24, 2.45) is 0 Å². The van der Waals surface area contributed by atoms with E-state index in [1.807, 2.05) is 6.07 Å². The predicted octanol–water partition coefficient (Wildman–Crippen LogP) is 1.63. The van der Waals surface area contributed by atoms with Crippen molar-refractivity contribution >= 4 is 0 Å². The van der Waals surface area contributed by atoms with E-state index in [9.17, 15) is 0 Å². The Balaban J connectivity index is 2.17. The van der Waals surface area contributed by atoms with Gasteiger partial charge in [0.15, 0.2) is 11.5 Å². The fourth-order valence-electron chi connectivity index (χ4n) is 2.03. The molecule has 1 aromatic carbocycles. The van der Waals surface area contributed by atoms with Crippen molar-refractivity contribution in [2.75, 3.05) is 34.0 Å². The van der Waals surface area contributed by atoms with Gasteiger partial charge < -0.3 is 19.7 Å². The summed E-state index contributed by atoms with van der Waals surface area (Å²) in [7, 11) is 4.16. The van der Waals surface area contributed by atoms with Crippen molar-refractivity contribution in [1.82, 2.24) is 10.2 Å². The average molecular weight is 236 g/mol. The molecule has 4 nitrogen and oxygen atoms in total. The molecule has 17 heavy (non-hydrogen) atoms. The molecule has 0 fully saturated rings. The molecule has 1 aliphatic heterocycles. The first-order chi connectivity index (χ1) is 8.20. The van der Waals surface area contributed by atoms with Gasteiger partial charge in [-0.05, 0) is 38.3 Å². The molecule has 1 aliphatic rings. The maximum absolute atomic E-state index is 5.41. The number of nitrogens with one attached hydrogen (secondary N) is 1. The normalized spacial score (nSPS) is 15.3. The SMILES string of the molecule is CCNC(CN(C)C)c1ccc2c(c1)OCO2. The minimum Gasteiger partial charge on any atom is -0.454 e. The fraction of sp³-hybridized carbons (Fsp3) is 0.538. The molecule has 94 valence electrons. The second kappa shape index (κ2) is 5.38. The molecule has 0 saturated heterocycles. The highest BCUT2D eigenvalue weighted by atomic mass is 16.7. The third kappa shape index (κ3) is 2.90. The van der Waals surface area contributed by atoms with Crippen LogP contribution in [-0.2, 0) is 0 Å². The Morgan fingerprint density at radius 1 is 1.29 bits per heavy atom. The zero-order valence-corrected chi connectivity index (χ0v) is 10.7. The maximum atomic E-state index is 5.41. The van der Waals surface area contributed by atoms with Crippen molar-refractivity contribution < 1.29 is 9.47 Å². The van der Waals surface area contributed by atoms with Crippen LogP contribution in [0.4, 0.5) is 0 Å². The molecule has 0 spiro atoms. The van der Waals surface area contributed by atoms with Gasteiger partial charge >= 0.3 is 0 Å².